The summed E-state index contributed by atoms with van der Waals surface area (Å²) in [4.78, 5) is 0. The van der Waals surface area contributed by atoms with Crippen molar-refractivity contribution in [2.75, 3.05) is 26.8 Å². The molecule has 21 heavy (non-hydrogen) atoms. The first-order chi connectivity index (χ1) is 10.1. The van der Waals surface area contributed by atoms with Crippen LogP contribution >= 0.6 is 11.6 Å². The molecule has 0 aliphatic heterocycles. The van der Waals surface area contributed by atoms with Gasteiger partial charge in [0, 0.05) is 20.2 Å². The van der Waals surface area contributed by atoms with E-state index in [9.17, 15) is 4.39 Å². The molecule has 2 fully saturated rings. The lowest BCUT2D eigenvalue weighted by molar-refractivity contribution is 0.186. The molecule has 2 saturated carbocycles. The zero-order valence-electron chi connectivity index (χ0n) is 12.5. The van der Waals surface area contributed by atoms with Gasteiger partial charge in [0.15, 0.2) is 0 Å². The fourth-order valence-corrected chi connectivity index (χ4v) is 4.09. The van der Waals surface area contributed by atoms with Crippen molar-refractivity contribution in [1.82, 2.24) is 5.32 Å². The highest BCUT2D eigenvalue weighted by Crippen LogP contribution is 2.60. The zero-order valence-corrected chi connectivity index (χ0v) is 13.3. The van der Waals surface area contributed by atoms with Crippen LogP contribution in [0.5, 0.6) is 0 Å². The van der Waals surface area contributed by atoms with Crippen LogP contribution in [-0.4, -0.2) is 26.8 Å². The molecule has 1 N–H and O–H groups in total. The van der Waals surface area contributed by atoms with Crippen LogP contribution in [0.2, 0.25) is 5.02 Å². The summed E-state index contributed by atoms with van der Waals surface area (Å²) in [7, 11) is 1.72. The van der Waals surface area contributed by atoms with Crippen molar-refractivity contribution < 1.29 is 9.13 Å². The predicted molar refractivity (Wildman–Crippen MR) is 83.1 cm³/mol. The van der Waals surface area contributed by atoms with Gasteiger partial charge in [-0.25, -0.2) is 4.39 Å². The van der Waals surface area contributed by atoms with Crippen molar-refractivity contribution in [2.24, 2.45) is 17.3 Å². The molecule has 0 amide bonds. The molecule has 0 bridgehead atoms. The maximum atomic E-state index is 13.7. The molecule has 0 radical (unpaired) electrons. The highest BCUT2D eigenvalue weighted by Gasteiger charge is 2.53. The van der Waals surface area contributed by atoms with E-state index in [4.69, 9.17) is 16.3 Å². The molecule has 0 saturated heterocycles. The largest absolute Gasteiger partial charge is 0.383 e. The number of hydrogen-bond acceptors (Lipinski definition) is 2. The molecule has 0 spiro atoms. The Bertz CT molecular complexity index is 498. The number of hydrogen-bond donors (Lipinski definition) is 1. The van der Waals surface area contributed by atoms with Gasteiger partial charge in [-0.3, -0.25) is 0 Å². The minimum Gasteiger partial charge on any atom is -0.383 e. The second kappa shape index (κ2) is 6.23. The Labute approximate surface area is 131 Å². The van der Waals surface area contributed by atoms with Crippen molar-refractivity contribution in [3.8, 4) is 0 Å². The van der Waals surface area contributed by atoms with E-state index >= 15 is 0 Å². The van der Waals surface area contributed by atoms with Gasteiger partial charge in [-0.15, -0.1) is 0 Å². The second-order valence-electron chi connectivity index (χ2n) is 6.76. The highest BCUT2D eigenvalue weighted by molar-refractivity contribution is 6.30. The first-order valence-electron chi connectivity index (χ1n) is 7.75. The van der Waals surface area contributed by atoms with Gasteiger partial charge < -0.3 is 10.1 Å². The van der Waals surface area contributed by atoms with E-state index in [0.29, 0.717) is 0 Å². The fourth-order valence-electron chi connectivity index (χ4n) is 3.97. The lowest BCUT2D eigenvalue weighted by Crippen LogP contribution is -2.36. The van der Waals surface area contributed by atoms with E-state index in [1.165, 1.54) is 19.3 Å². The number of nitrogens with one attached hydrogen (secondary N) is 1. The predicted octanol–water partition coefficient (Wildman–Crippen LogP) is 3.67. The molecule has 1 aromatic carbocycles. The molecule has 1 aromatic rings. The molecule has 116 valence electrons. The second-order valence-corrected chi connectivity index (χ2v) is 7.17. The smallest absolute Gasteiger partial charge is 0.142 e. The van der Waals surface area contributed by atoms with Crippen molar-refractivity contribution in [3.05, 3.63) is 34.6 Å². The Morgan fingerprint density at radius 1 is 1.38 bits per heavy atom. The van der Waals surface area contributed by atoms with Crippen LogP contribution in [0.4, 0.5) is 4.39 Å². The van der Waals surface area contributed by atoms with Gasteiger partial charge in [0.2, 0.25) is 0 Å². The number of methoxy groups -OCH3 is 1. The summed E-state index contributed by atoms with van der Waals surface area (Å²) in [6, 6.07) is 5.24. The van der Waals surface area contributed by atoms with Gasteiger partial charge in [-0.05, 0) is 60.6 Å². The minimum atomic E-state index is -0.306. The molecule has 2 aliphatic carbocycles. The first kappa shape index (κ1) is 15.3. The molecular weight excluding hydrogens is 289 g/mol. The average molecular weight is 312 g/mol. The molecule has 2 nitrogen and oxygen atoms in total. The van der Waals surface area contributed by atoms with Crippen molar-refractivity contribution >= 4 is 11.6 Å². The highest BCUT2D eigenvalue weighted by atomic mass is 35.5. The van der Waals surface area contributed by atoms with E-state index in [0.717, 1.165) is 43.5 Å². The van der Waals surface area contributed by atoms with Crippen LogP contribution in [0.3, 0.4) is 0 Å². The number of halogens is 2. The van der Waals surface area contributed by atoms with E-state index in [-0.39, 0.29) is 16.3 Å². The Hall–Kier alpha value is -0.640. The van der Waals surface area contributed by atoms with E-state index < -0.39 is 0 Å². The molecule has 2 aliphatic rings. The van der Waals surface area contributed by atoms with Gasteiger partial charge in [0.25, 0.3) is 0 Å². The monoisotopic (exact) mass is 311 g/mol. The third-order valence-corrected chi connectivity index (χ3v) is 5.31. The minimum absolute atomic E-state index is 0.209. The molecular formula is C17H23ClFNO. The third kappa shape index (κ3) is 3.58. The third-order valence-electron chi connectivity index (χ3n) is 5.01. The summed E-state index contributed by atoms with van der Waals surface area (Å²) in [6.07, 6.45) is 4.87. The van der Waals surface area contributed by atoms with Gasteiger partial charge >= 0.3 is 0 Å². The van der Waals surface area contributed by atoms with E-state index in [1.807, 2.05) is 6.07 Å². The Kier molecular flexibility index (Phi) is 4.53. The number of rotatable bonds is 7. The quantitative estimate of drug-likeness (QED) is 0.776. The maximum absolute atomic E-state index is 13.7. The standard InChI is InChI=1S/C17H23ClFNO/c1-21-5-4-20-11-17(9-13-7-14(13)10-17)8-12-2-3-15(18)16(19)6-12/h2-3,6,13-14,20H,4-5,7-11H2,1H3. The van der Waals surface area contributed by atoms with E-state index in [2.05, 4.69) is 5.32 Å². The number of ether oxygens (including phenoxy) is 1. The van der Waals surface area contributed by atoms with Gasteiger partial charge in [0.05, 0.1) is 11.6 Å². The SMILES string of the molecule is COCCNCC1(Cc2ccc(Cl)c(F)c2)CC2CC2C1. The van der Waals surface area contributed by atoms with Crippen LogP contribution in [0, 0.1) is 23.1 Å². The molecule has 2 unspecified atom stereocenters. The van der Waals surface area contributed by atoms with Crippen molar-refractivity contribution in [3.63, 3.8) is 0 Å². The lowest BCUT2D eigenvalue weighted by Gasteiger charge is -2.31. The summed E-state index contributed by atoms with van der Waals surface area (Å²) >= 11 is 5.78. The molecule has 0 aromatic heterocycles. The molecule has 4 heteroatoms. The molecule has 0 heterocycles. The Morgan fingerprint density at radius 3 is 2.81 bits per heavy atom. The van der Waals surface area contributed by atoms with Crippen LogP contribution in [0.1, 0.15) is 24.8 Å². The summed E-state index contributed by atoms with van der Waals surface area (Å²) in [5.41, 5.74) is 1.34. The first-order valence-corrected chi connectivity index (χ1v) is 8.13. The van der Waals surface area contributed by atoms with Crippen molar-refractivity contribution in [1.29, 1.82) is 0 Å². The Morgan fingerprint density at radius 2 is 2.14 bits per heavy atom. The molecule has 2 atom stereocenters. The fraction of sp³-hybridized carbons (Fsp3) is 0.647. The average Bonchev–Trinajstić information content (AvgIpc) is 3.07. The lowest BCUT2D eigenvalue weighted by atomic mass is 9.77. The van der Waals surface area contributed by atoms with Crippen LogP contribution in [0.25, 0.3) is 0 Å². The van der Waals surface area contributed by atoms with Crippen LogP contribution in [0.15, 0.2) is 18.2 Å². The van der Waals surface area contributed by atoms with Gasteiger partial charge in [-0.2, -0.15) is 0 Å². The summed E-state index contributed by atoms with van der Waals surface area (Å²) in [5.74, 6) is 1.51. The Balaban J connectivity index is 1.66. The van der Waals surface area contributed by atoms with Crippen molar-refractivity contribution in [2.45, 2.75) is 25.7 Å². The van der Waals surface area contributed by atoms with Crippen LogP contribution < -0.4 is 5.32 Å². The van der Waals surface area contributed by atoms with E-state index in [1.54, 1.807) is 19.2 Å². The maximum Gasteiger partial charge on any atom is 0.142 e. The summed E-state index contributed by atoms with van der Waals surface area (Å²) in [5, 5.41) is 3.72. The summed E-state index contributed by atoms with van der Waals surface area (Å²) in [6.45, 7) is 2.61. The van der Waals surface area contributed by atoms with Gasteiger partial charge in [-0.1, -0.05) is 17.7 Å². The molecule has 3 rings (SSSR count). The number of benzene rings is 1. The summed E-state index contributed by atoms with van der Waals surface area (Å²) < 4.78 is 18.7. The van der Waals surface area contributed by atoms with Crippen LogP contribution in [-0.2, 0) is 11.2 Å². The number of fused-ring (bicyclic) bond motifs is 1. The van der Waals surface area contributed by atoms with Gasteiger partial charge in [0.1, 0.15) is 5.82 Å². The normalized spacial score (nSPS) is 30.4. The topological polar surface area (TPSA) is 21.3 Å². The zero-order chi connectivity index (χ0) is 14.9.